The van der Waals surface area contributed by atoms with E-state index >= 15 is 0 Å². The van der Waals surface area contributed by atoms with Crippen LogP contribution < -0.4 is 0 Å². The van der Waals surface area contributed by atoms with Crippen LogP contribution in [0.4, 0.5) is 13.2 Å². The van der Waals surface area contributed by atoms with E-state index in [4.69, 9.17) is 15.0 Å². The molecule has 0 aliphatic carbocycles. The normalized spacial score (nSPS) is 14.0. The first-order valence-corrected chi connectivity index (χ1v) is 12.5. The fraction of sp³-hybridized carbons (Fsp3) is 0.267. The first-order chi connectivity index (χ1) is 18.3. The Balaban J connectivity index is 0.00000323. The van der Waals surface area contributed by atoms with Gasteiger partial charge >= 0.3 is 27.2 Å². The number of nitrogens with zero attached hydrogens (tertiary/aromatic N) is 6. The molecule has 6 rings (SSSR count). The maximum absolute atomic E-state index is 14.4. The molecule has 1 aliphatic rings. The predicted octanol–water partition coefficient (Wildman–Crippen LogP) is 6.74. The third-order valence-corrected chi connectivity index (χ3v) is 6.88. The van der Waals surface area contributed by atoms with Crippen LogP contribution >= 0.6 is 0 Å². The molecule has 4 aromatic heterocycles. The van der Waals surface area contributed by atoms with Crippen LogP contribution in [0.3, 0.4) is 0 Å². The molecule has 0 atom stereocenters. The van der Waals surface area contributed by atoms with E-state index in [1.54, 1.807) is 41.0 Å². The largest absolute Gasteiger partial charge is 2.00 e. The predicted molar refractivity (Wildman–Crippen MR) is 141 cm³/mol. The maximum Gasteiger partial charge on any atom is 2.00 e. The van der Waals surface area contributed by atoms with E-state index in [1.165, 1.54) is 0 Å². The molecule has 1 aliphatic heterocycles. The summed E-state index contributed by atoms with van der Waals surface area (Å²) in [5.41, 5.74) is 0.913. The molecule has 0 fully saturated rings. The second-order valence-electron chi connectivity index (χ2n) is 11.2. The zero-order valence-electron chi connectivity index (χ0n) is 22.4. The molecule has 6 nitrogen and oxygen atoms in total. The number of hydrogen-bond donors (Lipinski definition) is 0. The summed E-state index contributed by atoms with van der Waals surface area (Å²) in [5.74, 6) is 0.864. The number of alkyl halides is 3. The average Bonchev–Trinajstić information content (AvgIpc) is 3.54. The Morgan fingerprint density at radius 3 is 2.17 bits per heavy atom. The summed E-state index contributed by atoms with van der Waals surface area (Å²) in [6.45, 7) is 9.95. The molecule has 1 aromatic carbocycles. The number of rotatable bonds is 0. The molecule has 5 heterocycles. The van der Waals surface area contributed by atoms with Gasteiger partial charge in [-0.05, 0) is 43.8 Å². The molecule has 0 N–H and O–H groups in total. The Morgan fingerprint density at radius 2 is 1.48 bits per heavy atom. The van der Waals surface area contributed by atoms with Crippen molar-refractivity contribution in [1.82, 2.24) is 29.3 Å². The third-order valence-electron chi connectivity index (χ3n) is 6.88. The van der Waals surface area contributed by atoms with Gasteiger partial charge in [-0.25, -0.2) is 5.10 Å². The second-order valence-corrected chi connectivity index (χ2v) is 11.2. The van der Waals surface area contributed by atoms with Crippen LogP contribution in [-0.4, -0.2) is 29.3 Å². The Bertz CT molecular complexity index is 1600. The number of aromatic nitrogens is 6. The molecule has 0 unspecified atom stereocenters. The molecule has 0 saturated carbocycles. The topological polar surface area (TPSA) is 61.4 Å². The summed E-state index contributed by atoms with van der Waals surface area (Å²) < 4.78 is 46.0. The molecule has 40 heavy (non-hydrogen) atoms. The smallest absolute Gasteiger partial charge is 0.430 e. The van der Waals surface area contributed by atoms with Crippen molar-refractivity contribution in [1.29, 1.82) is 0 Å². The number of pyridine rings is 2. The zero-order chi connectivity index (χ0) is 27.7. The van der Waals surface area contributed by atoms with E-state index in [9.17, 15) is 13.2 Å². The van der Waals surface area contributed by atoms with Crippen LogP contribution in [0.5, 0.6) is 0 Å². The number of hydrogen-bond acceptors (Lipinski definition) is 4. The molecule has 0 saturated heterocycles. The van der Waals surface area contributed by atoms with E-state index in [0.29, 0.717) is 34.2 Å². The van der Waals surface area contributed by atoms with Gasteiger partial charge in [-0.2, -0.15) is 13.2 Å². The summed E-state index contributed by atoms with van der Waals surface area (Å²) in [5, 5.41) is 3.95. The molecule has 0 radical (unpaired) electrons. The second kappa shape index (κ2) is 9.51. The van der Waals surface area contributed by atoms with Crippen LogP contribution in [-0.2, 0) is 38.1 Å². The summed E-state index contributed by atoms with van der Waals surface area (Å²) in [4.78, 5) is 14.6. The van der Waals surface area contributed by atoms with Crippen LogP contribution in [0, 0.1) is 12.4 Å². The molecular formula is C30H25F3N6Pt. The fourth-order valence-corrected chi connectivity index (χ4v) is 4.78. The number of halogens is 3. The number of fused-ring (bicyclic) bond motifs is 13. The van der Waals surface area contributed by atoms with Gasteiger partial charge in [0.2, 0.25) is 0 Å². The van der Waals surface area contributed by atoms with Gasteiger partial charge in [0.15, 0.2) is 0 Å². The van der Waals surface area contributed by atoms with Gasteiger partial charge in [-0.3, -0.25) is 15.0 Å². The zero-order valence-corrected chi connectivity index (χ0v) is 24.7. The average molecular weight is 722 g/mol. The summed E-state index contributed by atoms with van der Waals surface area (Å²) in [6.07, 6.45) is 1.48. The summed E-state index contributed by atoms with van der Waals surface area (Å²) >= 11 is 0. The van der Waals surface area contributed by atoms with Crippen molar-refractivity contribution in [2.45, 2.75) is 51.6 Å². The maximum atomic E-state index is 14.4. The fourth-order valence-electron chi connectivity index (χ4n) is 4.78. The van der Waals surface area contributed by atoms with Gasteiger partial charge in [-0.1, -0.05) is 74.5 Å². The molecule has 8 bridgehead atoms. The van der Waals surface area contributed by atoms with Gasteiger partial charge < -0.3 is 9.25 Å². The van der Waals surface area contributed by atoms with Gasteiger partial charge in [0.05, 0.1) is 11.5 Å². The van der Waals surface area contributed by atoms with Crippen molar-refractivity contribution in [3.05, 3.63) is 96.0 Å². The molecule has 206 valence electrons. The van der Waals surface area contributed by atoms with Crippen LogP contribution in [0.25, 0.3) is 34.0 Å². The number of benzene rings is 1. The van der Waals surface area contributed by atoms with E-state index in [2.05, 4.69) is 17.5 Å². The first-order valence-electron chi connectivity index (χ1n) is 12.5. The van der Waals surface area contributed by atoms with E-state index < -0.39 is 22.7 Å². The monoisotopic (exact) mass is 721 g/mol. The Kier molecular flexibility index (Phi) is 6.65. The summed E-state index contributed by atoms with van der Waals surface area (Å²) in [7, 11) is 0. The SMILES string of the molecule is CC(C)(C)c1nc2[c-]n1-c1ccccc1-c1[c-]n(nc1C(F)(F)F)-c1cccc(n1)C(C)(C)c1cccc-2n1.[Pt+2]. The number of para-hydroxylation sites is 1. The van der Waals surface area contributed by atoms with E-state index in [-0.39, 0.29) is 32.4 Å². The van der Waals surface area contributed by atoms with Crippen molar-refractivity contribution < 1.29 is 34.2 Å². The summed E-state index contributed by atoms with van der Waals surface area (Å²) in [6, 6.07) is 17.7. The molecule has 5 aromatic rings. The van der Waals surface area contributed by atoms with Crippen LogP contribution in [0.15, 0.2) is 60.7 Å². The Morgan fingerprint density at radius 1 is 0.800 bits per heavy atom. The third kappa shape index (κ3) is 4.60. The molecule has 10 heteroatoms. The minimum absolute atomic E-state index is 0. The Hall–Kier alpha value is -3.58. The van der Waals surface area contributed by atoms with Gasteiger partial charge in [0.1, 0.15) is 0 Å². The van der Waals surface area contributed by atoms with Gasteiger partial charge in [-0.15, -0.1) is 11.6 Å². The van der Waals surface area contributed by atoms with E-state index in [0.717, 1.165) is 10.4 Å². The van der Waals surface area contributed by atoms with Crippen molar-refractivity contribution in [2.75, 3.05) is 0 Å². The minimum Gasteiger partial charge on any atom is -0.430 e. The van der Waals surface area contributed by atoms with Crippen LogP contribution in [0.2, 0.25) is 0 Å². The number of imidazole rings is 1. The van der Waals surface area contributed by atoms with Crippen LogP contribution in [0.1, 0.15) is 57.5 Å². The van der Waals surface area contributed by atoms with E-state index in [1.807, 2.05) is 58.9 Å². The van der Waals surface area contributed by atoms with Crippen molar-refractivity contribution in [2.24, 2.45) is 0 Å². The Labute approximate surface area is 244 Å². The standard InChI is InChI=1S/C30H25F3N6.Pt/c1-28(2,3)27-35-21-17-38(27)22-12-7-6-10-18(22)19-16-39(37-26(19)30(31,32)33)25-15-9-14-24(36-25)29(4,5)23-13-8-11-20(21)34-23;/h6-15H,1-5H3;/q-2;+2. The van der Waals surface area contributed by atoms with Crippen molar-refractivity contribution >= 4 is 0 Å². The first kappa shape index (κ1) is 28.0. The molecular weight excluding hydrogens is 696 g/mol. The van der Waals surface area contributed by atoms with Gasteiger partial charge in [0.25, 0.3) is 0 Å². The minimum atomic E-state index is -4.72. The van der Waals surface area contributed by atoms with Crippen molar-refractivity contribution in [3.63, 3.8) is 0 Å². The molecule has 0 spiro atoms. The van der Waals surface area contributed by atoms with Gasteiger partial charge in [0, 0.05) is 34.0 Å². The molecule has 0 amide bonds. The quantitative estimate of drug-likeness (QED) is 0.167. The van der Waals surface area contributed by atoms with Crippen molar-refractivity contribution in [3.8, 4) is 34.0 Å².